The topological polar surface area (TPSA) is 62.5 Å². The third kappa shape index (κ3) is 3.48. The van der Waals surface area contributed by atoms with Gasteiger partial charge in [-0.25, -0.2) is 0 Å². The number of aromatic nitrogens is 1. The molecule has 6 heteroatoms. The first-order valence-corrected chi connectivity index (χ1v) is 7.76. The molecule has 0 unspecified atom stereocenters. The van der Waals surface area contributed by atoms with Crippen LogP contribution in [0, 0.1) is 17.0 Å². The Morgan fingerprint density at radius 2 is 1.91 bits per heavy atom. The molecule has 0 bridgehead atoms. The van der Waals surface area contributed by atoms with Gasteiger partial charge in [0.05, 0.1) is 10.6 Å². The quantitative estimate of drug-likeness (QED) is 0.641. The summed E-state index contributed by atoms with van der Waals surface area (Å²) in [7, 11) is 0. The minimum Gasteiger partial charge on any atom is -0.363 e. The molecule has 1 aliphatic heterocycles. The number of para-hydroxylation sites is 1. The standard InChI is InChI=1S/C17H20N4O2/c1-14-5-4-7-16(21(22)23)17(14)20-11-9-19(10-12-20)13-15-6-2-3-8-18-15/h2-8H,9-13H2,1H3. The molecule has 0 N–H and O–H groups in total. The van der Waals surface area contributed by atoms with Crippen molar-refractivity contribution in [2.75, 3.05) is 31.1 Å². The summed E-state index contributed by atoms with van der Waals surface area (Å²) >= 11 is 0. The number of nitro benzene ring substituents is 1. The van der Waals surface area contributed by atoms with Crippen LogP contribution in [0.4, 0.5) is 11.4 Å². The van der Waals surface area contributed by atoms with Gasteiger partial charge in [-0.2, -0.15) is 0 Å². The average molecular weight is 312 g/mol. The van der Waals surface area contributed by atoms with Crippen molar-refractivity contribution < 1.29 is 4.92 Å². The molecule has 3 rings (SSSR count). The average Bonchev–Trinajstić information content (AvgIpc) is 2.56. The Balaban J connectivity index is 1.69. The highest BCUT2D eigenvalue weighted by molar-refractivity contribution is 5.67. The number of hydrogen-bond donors (Lipinski definition) is 0. The molecule has 0 spiro atoms. The molecule has 120 valence electrons. The maximum atomic E-state index is 11.3. The highest BCUT2D eigenvalue weighted by Gasteiger charge is 2.25. The van der Waals surface area contributed by atoms with Crippen molar-refractivity contribution in [2.24, 2.45) is 0 Å². The molecule has 0 radical (unpaired) electrons. The fraction of sp³-hybridized carbons (Fsp3) is 0.353. The maximum absolute atomic E-state index is 11.3. The van der Waals surface area contributed by atoms with E-state index < -0.39 is 0 Å². The van der Waals surface area contributed by atoms with Gasteiger partial charge in [-0.1, -0.05) is 18.2 Å². The molecular formula is C17H20N4O2. The van der Waals surface area contributed by atoms with Gasteiger partial charge in [0.1, 0.15) is 5.69 Å². The molecule has 1 aliphatic rings. The summed E-state index contributed by atoms with van der Waals surface area (Å²) in [6, 6.07) is 11.2. The molecule has 0 aliphatic carbocycles. The maximum Gasteiger partial charge on any atom is 0.292 e. The highest BCUT2D eigenvalue weighted by atomic mass is 16.6. The number of aryl methyl sites for hydroxylation is 1. The zero-order valence-electron chi connectivity index (χ0n) is 13.2. The lowest BCUT2D eigenvalue weighted by Gasteiger charge is -2.36. The van der Waals surface area contributed by atoms with Crippen LogP contribution in [0.3, 0.4) is 0 Å². The minimum absolute atomic E-state index is 0.197. The largest absolute Gasteiger partial charge is 0.363 e. The van der Waals surface area contributed by atoms with E-state index in [1.54, 1.807) is 12.1 Å². The van der Waals surface area contributed by atoms with Gasteiger partial charge in [0.15, 0.2) is 0 Å². The summed E-state index contributed by atoms with van der Waals surface area (Å²) < 4.78 is 0. The van der Waals surface area contributed by atoms with Crippen molar-refractivity contribution >= 4 is 11.4 Å². The molecule has 0 saturated carbocycles. The number of pyridine rings is 1. The number of piperazine rings is 1. The van der Waals surface area contributed by atoms with E-state index in [2.05, 4.69) is 14.8 Å². The number of benzene rings is 1. The Labute approximate surface area is 135 Å². The summed E-state index contributed by atoms with van der Waals surface area (Å²) in [4.78, 5) is 19.8. The van der Waals surface area contributed by atoms with E-state index in [1.165, 1.54) is 0 Å². The van der Waals surface area contributed by atoms with Crippen LogP contribution < -0.4 is 4.90 Å². The van der Waals surface area contributed by atoms with E-state index in [9.17, 15) is 10.1 Å². The van der Waals surface area contributed by atoms with E-state index >= 15 is 0 Å². The Kier molecular flexibility index (Phi) is 4.52. The van der Waals surface area contributed by atoms with Crippen LogP contribution in [0.1, 0.15) is 11.3 Å². The fourth-order valence-corrected chi connectivity index (χ4v) is 3.05. The molecule has 1 aromatic heterocycles. The molecule has 0 amide bonds. The first-order chi connectivity index (χ1) is 11.1. The van der Waals surface area contributed by atoms with Crippen LogP contribution >= 0.6 is 0 Å². The molecule has 1 fully saturated rings. The zero-order valence-corrected chi connectivity index (χ0v) is 13.2. The van der Waals surface area contributed by atoms with Crippen LogP contribution in [0.15, 0.2) is 42.6 Å². The van der Waals surface area contributed by atoms with Gasteiger partial charge in [-0.3, -0.25) is 20.0 Å². The van der Waals surface area contributed by atoms with E-state index in [4.69, 9.17) is 0 Å². The Morgan fingerprint density at radius 1 is 1.13 bits per heavy atom. The number of rotatable bonds is 4. The molecule has 2 aromatic rings. The van der Waals surface area contributed by atoms with Crippen molar-refractivity contribution in [1.29, 1.82) is 0 Å². The van der Waals surface area contributed by atoms with E-state index in [0.717, 1.165) is 49.7 Å². The lowest BCUT2D eigenvalue weighted by Crippen LogP contribution is -2.46. The van der Waals surface area contributed by atoms with E-state index in [0.29, 0.717) is 0 Å². The summed E-state index contributed by atoms with van der Waals surface area (Å²) in [5.74, 6) is 0. The van der Waals surface area contributed by atoms with Crippen LogP contribution in [-0.4, -0.2) is 41.0 Å². The third-order valence-electron chi connectivity index (χ3n) is 4.21. The Morgan fingerprint density at radius 3 is 2.57 bits per heavy atom. The number of nitrogens with zero attached hydrogens (tertiary/aromatic N) is 4. The zero-order chi connectivity index (χ0) is 16.2. The first kappa shape index (κ1) is 15.4. The van der Waals surface area contributed by atoms with Crippen molar-refractivity contribution in [3.63, 3.8) is 0 Å². The highest BCUT2D eigenvalue weighted by Crippen LogP contribution is 2.32. The lowest BCUT2D eigenvalue weighted by molar-refractivity contribution is -0.384. The van der Waals surface area contributed by atoms with Crippen LogP contribution in [0.2, 0.25) is 0 Å². The summed E-state index contributed by atoms with van der Waals surface area (Å²) in [5.41, 5.74) is 2.97. The van der Waals surface area contributed by atoms with Crippen molar-refractivity contribution in [1.82, 2.24) is 9.88 Å². The molecular weight excluding hydrogens is 292 g/mol. The normalized spacial score (nSPS) is 15.6. The SMILES string of the molecule is Cc1cccc([N+](=O)[O-])c1N1CCN(Cc2ccccn2)CC1. The molecule has 6 nitrogen and oxygen atoms in total. The van der Waals surface area contributed by atoms with Crippen LogP contribution in [0.5, 0.6) is 0 Å². The predicted octanol–water partition coefficient (Wildman–Crippen LogP) is 2.62. The summed E-state index contributed by atoms with van der Waals surface area (Å²) in [5, 5.41) is 11.3. The molecule has 0 atom stereocenters. The van der Waals surface area contributed by atoms with Crippen molar-refractivity contribution in [3.05, 3.63) is 64.0 Å². The minimum atomic E-state index is -0.289. The predicted molar refractivity (Wildman–Crippen MR) is 89.6 cm³/mol. The molecule has 1 saturated heterocycles. The van der Waals surface area contributed by atoms with Gasteiger partial charge in [0.2, 0.25) is 0 Å². The second-order valence-electron chi connectivity index (χ2n) is 5.78. The summed E-state index contributed by atoms with van der Waals surface area (Å²) in [6.45, 7) is 6.09. The monoisotopic (exact) mass is 312 g/mol. The van der Waals surface area contributed by atoms with Gasteiger partial charge in [0, 0.05) is 45.0 Å². The first-order valence-electron chi connectivity index (χ1n) is 7.76. The smallest absolute Gasteiger partial charge is 0.292 e. The number of anilines is 1. The Hall–Kier alpha value is -2.47. The molecule has 1 aromatic carbocycles. The van der Waals surface area contributed by atoms with Crippen molar-refractivity contribution in [2.45, 2.75) is 13.5 Å². The Bertz CT molecular complexity index is 682. The van der Waals surface area contributed by atoms with Gasteiger partial charge in [-0.15, -0.1) is 0 Å². The van der Waals surface area contributed by atoms with E-state index in [1.807, 2.05) is 37.4 Å². The van der Waals surface area contributed by atoms with Crippen LogP contribution in [-0.2, 0) is 6.54 Å². The van der Waals surface area contributed by atoms with Gasteiger partial charge in [0.25, 0.3) is 5.69 Å². The fourth-order valence-electron chi connectivity index (χ4n) is 3.05. The second kappa shape index (κ2) is 6.75. The molecule has 2 heterocycles. The van der Waals surface area contributed by atoms with E-state index in [-0.39, 0.29) is 10.6 Å². The van der Waals surface area contributed by atoms with Crippen molar-refractivity contribution in [3.8, 4) is 0 Å². The number of nitro groups is 1. The van der Waals surface area contributed by atoms with Crippen LogP contribution in [0.25, 0.3) is 0 Å². The summed E-state index contributed by atoms with van der Waals surface area (Å²) in [6.07, 6.45) is 1.81. The van der Waals surface area contributed by atoms with Gasteiger partial charge >= 0.3 is 0 Å². The number of hydrogen-bond acceptors (Lipinski definition) is 5. The van der Waals surface area contributed by atoms with Gasteiger partial charge in [-0.05, 0) is 24.6 Å². The lowest BCUT2D eigenvalue weighted by atomic mass is 10.1. The third-order valence-corrected chi connectivity index (χ3v) is 4.21. The second-order valence-corrected chi connectivity index (χ2v) is 5.78. The molecule has 23 heavy (non-hydrogen) atoms. The van der Waals surface area contributed by atoms with Gasteiger partial charge < -0.3 is 4.90 Å².